The predicted molar refractivity (Wildman–Crippen MR) is 123 cm³/mol. The highest BCUT2D eigenvalue weighted by molar-refractivity contribution is 7.89. The van der Waals surface area contributed by atoms with Crippen LogP contribution in [-0.4, -0.2) is 36.6 Å². The van der Waals surface area contributed by atoms with Gasteiger partial charge in [0.1, 0.15) is 17.0 Å². The van der Waals surface area contributed by atoms with Gasteiger partial charge in [0.25, 0.3) is 0 Å². The Morgan fingerprint density at radius 2 is 1.89 bits per heavy atom. The minimum atomic E-state index is -4.76. The molecule has 0 saturated heterocycles. The zero-order valence-corrected chi connectivity index (χ0v) is 20.0. The number of hydrogen-bond acceptors (Lipinski definition) is 4. The molecule has 1 aromatic carbocycles. The van der Waals surface area contributed by atoms with Crippen molar-refractivity contribution in [1.82, 2.24) is 14.3 Å². The molecule has 192 valence electrons. The number of halogens is 5. The van der Waals surface area contributed by atoms with E-state index in [-0.39, 0.29) is 17.3 Å². The first kappa shape index (κ1) is 26.0. The second kappa shape index (κ2) is 9.78. The zero-order chi connectivity index (χ0) is 26.3. The number of nitrogens with one attached hydrogen (secondary N) is 1. The van der Waals surface area contributed by atoms with Crippen LogP contribution in [0.5, 0.6) is 0 Å². The predicted octanol–water partition coefficient (Wildman–Crippen LogP) is 5.73. The molecule has 6 nitrogen and oxygen atoms in total. The van der Waals surface area contributed by atoms with E-state index in [1.807, 2.05) is 4.57 Å². The lowest BCUT2D eigenvalue weighted by atomic mass is 10.1. The third-order valence-corrected chi connectivity index (χ3v) is 7.90. The second-order valence-electron chi connectivity index (χ2n) is 8.85. The number of benzene rings is 1. The normalized spacial score (nSPS) is 16.1. The Hall–Kier alpha value is -3.04. The fourth-order valence-electron chi connectivity index (χ4n) is 4.61. The Morgan fingerprint density at radius 1 is 1.19 bits per heavy atom. The van der Waals surface area contributed by atoms with Gasteiger partial charge in [0, 0.05) is 24.0 Å². The molecule has 0 unspecified atom stereocenters. The molecule has 1 saturated carbocycles. The van der Waals surface area contributed by atoms with Gasteiger partial charge >= 0.3 is 6.18 Å². The molecule has 2 heterocycles. The molecule has 0 spiro atoms. The Kier molecular flexibility index (Phi) is 7.07. The average Bonchev–Trinajstić information content (AvgIpc) is 3.43. The summed E-state index contributed by atoms with van der Waals surface area (Å²) < 4.78 is 92.9. The van der Waals surface area contributed by atoms with E-state index in [0.717, 1.165) is 37.9 Å². The number of nitrogens with zero attached hydrogens (tertiary/aromatic N) is 3. The molecule has 0 bridgehead atoms. The lowest BCUT2D eigenvalue weighted by molar-refractivity contribution is -0.147. The van der Waals surface area contributed by atoms with Crippen molar-refractivity contribution in [3.8, 4) is 17.5 Å². The third-order valence-electron chi connectivity index (χ3n) is 6.37. The minimum absolute atomic E-state index is 0.00842. The molecule has 0 aliphatic heterocycles. The second-order valence-corrected chi connectivity index (χ2v) is 10.6. The van der Waals surface area contributed by atoms with Gasteiger partial charge in [0.05, 0.1) is 22.5 Å². The monoisotopic (exact) mass is 526 g/mol. The van der Waals surface area contributed by atoms with Crippen molar-refractivity contribution in [3.63, 3.8) is 0 Å². The average molecular weight is 527 g/mol. The van der Waals surface area contributed by atoms with Gasteiger partial charge < -0.3 is 4.57 Å². The quantitative estimate of drug-likeness (QED) is 0.399. The molecular weight excluding hydrogens is 503 g/mol. The van der Waals surface area contributed by atoms with Crippen molar-refractivity contribution in [2.24, 2.45) is 0 Å². The molecule has 4 rings (SSSR count). The van der Waals surface area contributed by atoms with E-state index in [0.29, 0.717) is 29.1 Å². The van der Waals surface area contributed by atoms with Gasteiger partial charge in [-0.2, -0.15) is 23.2 Å². The van der Waals surface area contributed by atoms with Crippen LogP contribution in [-0.2, 0) is 16.4 Å². The first-order chi connectivity index (χ1) is 16.9. The molecule has 1 aliphatic carbocycles. The smallest absolute Gasteiger partial charge is 0.335 e. The van der Waals surface area contributed by atoms with Crippen LogP contribution >= 0.6 is 0 Å². The van der Waals surface area contributed by atoms with E-state index in [1.54, 1.807) is 22.9 Å². The molecule has 1 aliphatic rings. The Morgan fingerprint density at radius 3 is 2.44 bits per heavy atom. The number of sulfonamides is 1. The van der Waals surface area contributed by atoms with Crippen molar-refractivity contribution < 1.29 is 30.4 Å². The van der Waals surface area contributed by atoms with Gasteiger partial charge in [-0.25, -0.2) is 17.2 Å². The SMILES string of the molecule is C[C@H](NS(=O)(=O)c1ccc(-c2c(C#N)c3ccc(CC(F)F)cc3n2C2CCCC2)nc1)C(F)(F)F. The van der Waals surface area contributed by atoms with Gasteiger partial charge in [0.15, 0.2) is 0 Å². The fourth-order valence-corrected chi connectivity index (χ4v) is 5.79. The molecule has 1 fully saturated rings. The maximum atomic E-state index is 13.0. The van der Waals surface area contributed by atoms with Crippen molar-refractivity contribution >= 4 is 20.9 Å². The molecule has 3 aromatic rings. The van der Waals surface area contributed by atoms with Gasteiger partial charge in [-0.05, 0) is 43.5 Å². The summed E-state index contributed by atoms with van der Waals surface area (Å²) >= 11 is 0. The van der Waals surface area contributed by atoms with Crippen molar-refractivity contribution in [1.29, 1.82) is 5.26 Å². The van der Waals surface area contributed by atoms with E-state index in [2.05, 4.69) is 11.1 Å². The Labute approximate surface area is 204 Å². The minimum Gasteiger partial charge on any atom is -0.335 e. The van der Waals surface area contributed by atoms with Crippen LogP contribution in [0.3, 0.4) is 0 Å². The fraction of sp³-hybridized carbons (Fsp3) is 0.417. The van der Waals surface area contributed by atoms with Crippen molar-refractivity contribution in [3.05, 3.63) is 47.7 Å². The summed E-state index contributed by atoms with van der Waals surface area (Å²) in [6, 6.07) is 7.16. The van der Waals surface area contributed by atoms with Crippen molar-refractivity contribution in [2.45, 2.75) is 68.6 Å². The van der Waals surface area contributed by atoms with E-state index in [4.69, 9.17) is 0 Å². The number of pyridine rings is 1. The molecule has 12 heteroatoms. The Bertz CT molecular complexity index is 1400. The first-order valence-corrected chi connectivity index (χ1v) is 12.8. The lowest BCUT2D eigenvalue weighted by Crippen LogP contribution is -2.42. The summed E-state index contributed by atoms with van der Waals surface area (Å²) in [5.74, 6) is 0. The number of aromatic nitrogens is 2. The third kappa shape index (κ3) is 5.08. The van der Waals surface area contributed by atoms with E-state index < -0.39 is 40.0 Å². The highest BCUT2D eigenvalue weighted by Crippen LogP contribution is 2.41. The number of rotatable bonds is 7. The summed E-state index contributed by atoms with van der Waals surface area (Å²) in [6.07, 6.45) is -3.24. The van der Waals surface area contributed by atoms with Gasteiger partial charge in [0.2, 0.25) is 16.4 Å². The van der Waals surface area contributed by atoms with Crippen LogP contribution in [0.1, 0.15) is 49.8 Å². The molecular formula is C24H23F5N4O2S. The summed E-state index contributed by atoms with van der Waals surface area (Å²) in [5.41, 5.74) is 1.99. The maximum absolute atomic E-state index is 13.0. The Balaban J connectivity index is 1.82. The molecule has 2 aromatic heterocycles. The van der Waals surface area contributed by atoms with E-state index in [1.165, 1.54) is 6.07 Å². The van der Waals surface area contributed by atoms with Crippen molar-refractivity contribution in [2.75, 3.05) is 0 Å². The van der Waals surface area contributed by atoms with Crippen LogP contribution in [0.2, 0.25) is 0 Å². The standard InChI is InChI=1S/C24H23F5N4O2S/c1-14(24(27,28)29)32-36(34,35)17-7-9-20(31-13-17)23-19(12-30)18-8-6-15(11-22(25)26)10-21(18)33(23)16-4-2-3-5-16/h6-10,13-14,16,22,32H,2-5,11H2,1H3/t14-/m0/s1. The lowest BCUT2D eigenvalue weighted by Gasteiger charge is -2.19. The largest absolute Gasteiger partial charge is 0.404 e. The molecule has 0 radical (unpaired) electrons. The first-order valence-electron chi connectivity index (χ1n) is 11.3. The van der Waals surface area contributed by atoms with Gasteiger partial charge in [-0.15, -0.1) is 0 Å². The van der Waals surface area contributed by atoms with Crippen LogP contribution < -0.4 is 4.72 Å². The number of alkyl halides is 5. The van der Waals surface area contributed by atoms with Gasteiger partial charge in [-0.3, -0.25) is 4.98 Å². The van der Waals surface area contributed by atoms with Crippen LogP contribution in [0.4, 0.5) is 22.0 Å². The van der Waals surface area contributed by atoms with Crippen LogP contribution in [0.25, 0.3) is 22.3 Å². The number of nitriles is 1. The molecule has 0 amide bonds. The van der Waals surface area contributed by atoms with E-state index in [9.17, 15) is 35.6 Å². The summed E-state index contributed by atoms with van der Waals surface area (Å²) in [5, 5.41) is 10.6. The molecule has 36 heavy (non-hydrogen) atoms. The summed E-state index contributed by atoms with van der Waals surface area (Å²) in [7, 11) is -4.50. The van der Waals surface area contributed by atoms with E-state index >= 15 is 0 Å². The summed E-state index contributed by atoms with van der Waals surface area (Å²) in [6.45, 7) is 0.695. The molecule has 1 atom stereocenters. The summed E-state index contributed by atoms with van der Waals surface area (Å²) in [4.78, 5) is 3.74. The zero-order valence-electron chi connectivity index (χ0n) is 19.2. The number of fused-ring (bicyclic) bond motifs is 1. The highest BCUT2D eigenvalue weighted by Gasteiger charge is 2.39. The molecule has 1 N–H and O–H groups in total. The highest BCUT2D eigenvalue weighted by atomic mass is 32.2. The topological polar surface area (TPSA) is 87.8 Å². The maximum Gasteiger partial charge on any atom is 0.404 e. The van der Waals surface area contributed by atoms with Crippen LogP contribution in [0, 0.1) is 11.3 Å². The van der Waals surface area contributed by atoms with Crippen LogP contribution in [0.15, 0.2) is 41.4 Å². The number of hydrogen-bond donors (Lipinski definition) is 1. The van der Waals surface area contributed by atoms with Gasteiger partial charge in [-0.1, -0.05) is 25.0 Å².